The van der Waals surface area contributed by atoms with Gasteiger partial charge in [0, 0.05) is 18.0 Å². The molecular formula is C15H14N4O2. The lowest BCUT2D eigenvalue weighted by molar-refractivity contribution is 0.0690. The average Bonchev–Trinajstić information content (AvgIpc) is 3.32. The molecule has 2 aromatic rings. The Labute approximate surface area is 121 Å². The van der Waals surface area contributed by atoms with E-state index < -0.39 is 5.97 Å². The zero-order valence-corrected chi connectivity index (χ0v) is 11.4. The molecule has 1 aliphatic rings. The molecule has 0 radical (unpaired) electrons. The van der Waals surface area contributed by atoms with Crippen LogP contribution in [0, 0.1) is 11.3 Å². The van der Waals surface area contributed by atoms with E-state index in [1.54, 1.807) is 0 Å². The van der Waals surface area contributed by atoms with Gasteiger partial charge in [-0.2, -0.15) is 5.26 Å². The van der Waals surface area contributed by atoms with E-state index in [1.807, 2.05) is 29.2 Å². The molecule has 1 heterocycles. The largest absolute Gasteiger partial charge is 0.476 e. The van der Waals surface area contributed by atoms with E-state index in [0.29, 0.717) is 30.2 Å². The number of carboxylic acid groups (broad SMARTS) is 1. The van der Waals surface area contributed by atoms with Crippen LogP contribution in [0.3, 0.4) is 0 Å². The molecule has 106 valence electrons. The first-order valence-electron chi connectivity index (χ1n) is 6.84. The lowest BCUT2D eigenvalue weighted by atomic mass is 10.1. The predicted molar refractivity (Wildman–Crippen MR) is 77.1 cm³/mol. The van der Waals surface area contributed by atoms with E-state index in [9.17, 15) is 9.90 Å². The summed E-state index contributed by atoms with van der Waals surface area (Å²) in [5.74, 6) is -1.09. The second kappa shape index (κ2) is 5.37. The van der Waals surface area contributed by atoms with Gasteiger partial charge in [-0.25, -0.2) is 4.79 Å². The molecule has 0 saturated heterocycles. The Bertz CT molecular complexity index is 734. The summed E-state index contributed by atoms with van der Waals surface area (Å²) in [6, 6.07) is 9.79. The molecule has 1 N–H and O–H groups in total. The monoisotopic (exact) mass is 282 g/mol. The van der Waals surface area contributed by atoms with Crippen LogP contribution < -0.4 is 4.90 Å². The number of aromatic carboxylic acids is 1. The summed E-state index contributed by atoms with van der Waals surface area (Å²) in [7, 11) is 0. The van der Waals surface area contributed by atoms with Crippen LogP contribution in [-0.2, 0) is 0 Å². The number of hydrogen-bond donors (Lipinski definition) is 1. The second-order valence-corrected chi connectivity index (χ2v) is 5.05. The number of hydrogen-bond acceptors (Lipinski definition) is 5. The molecule has 0 spiro atoms. The standard InChI is InChI=1S/C15H14N4O2/c16-8-3-9-19(10-6-7-10)14-11-4-1-2-5-12(11)17-18-13(14)15(20)21/h1-2,4-5,10H,3,6-7,9H2,(H,20,21). The maximum Gasteiger partial charge on any atom is 0.358 e. The second-order valence-electron chi connectivity index (χ2n) is 5.05. The zero-order chi connectivity index (χ0) is 14.8. The van der Waals surface area contributed by atoms with Gasteiger partial charge >= 0.3 is 5.97 Å². The van der Waals surface area contributed by atoms with Gasteiger partial charge in [0.25, 0.3) is 0 Å². The van der Waals surface area contributed by atoms with Crippen molar-refractivity contribution in [2.45, 2.75) is 25.3 Å². The molecule has 6 nitrogen and oxygen atoms in total. The van der Waals surface area contributed by atoms with Crippen molar-refractivity contribution >= 4 is 22.6 Å². The third-order valence-electron chi connectivity index (χ3n) is 3.58. The van der Waals surface area contributed by atoms with Crippen LogP contribution in [0.5, 0.6) is 0 Å². The van der Waals surface area contributed by atoms with Crippen LogP contribution in [0.1, 0.15) is 29.8 Å². The van der Waals surface area contributed by atoms with Gasteiger partial charge in [0.15, 0.2) is 5.69 Å². The minimum Gasteiger partial charge on any atom is -0.476 e. The van der Waals surface area contributed by atoms with Gasteiger partial charge in [-0.15, -0.1) is 10.2 Å². The number of benzene rings is 1. The summed E-state index contributed by atoms with van der Waals surface area (Å²) in [4.78, 5) is 13.5. The van der Waals surface area contributed by atoms with Crippen LogP contribution in [0.25, 0.3) is 10.9 Å². The number of nitrogens with zero attached hydrogens (tertiary/aromatic N) is 4. The number of fused-ring (bicyclic) bond motifs is 1. The topological polar surface area (TPSA) is 90.1 Å². The molecule has 0 atom stereocenters. The molecule has 0 bridgehead atoms. The van der Waals surface area contributed by atoms with E-state index in [2.05, 4.69) is 16.3 Å². The van der Waals surface area contributed by atoms with Gasteiger partial charge in [0.2, 0.25) is 0 Å². The molecule has 1 fully saturated rings. The molecule has 3 rings (SSSR count). The highest BCUT2D eigenvalue weighted by Gasteiger charge is 2.33. The third kappa shape index (κ3) is 2.50. The summed E-state index contributed by atoms with van der Waals surface area (Å²) in [5, 5.41) is 26.9. The quantitative estimate of drug-likeness (QED) is 0.904. The van der Waals surface area contributed by atoms with Crippen molar-refractivity contribution in [2.75, 3.05) is 11.4 Å². The van der Waals surface area contributed by atoms with Crippen LogP contribution in [0.4, 0.5) is 5.69 Å². The van der Waals surface area contributed by atoms with Crippen molar-refractivity contribution in [1.29, 1.82) is 5.26 Å². The first-order valence-corrected chi connectivity index (χ1v) is 6.84. The number of rotatable bonds is 5. The Hall–Kier alpha value is -2.68. The maximum absolute atomic E-state index is 11.5. The van der Waals surface area contributed by atoms with E-state index >= 15 is 0 Å². The highest BCUT2D eigenvalue weighted by molar-refractivity contribution is 6.03. The summed E-state index contributed by atoms with van der Waals surface area (Å²) in [6.07, 6.45) is 2.38. The fraction of sp³-hybridized carbons (Fsp3) is 0.333. The van der Waals surface area contributed by atoms with Crippen molar-refractivity contribution in [2.24, 2.45) is 0 Å². The molecule has 1 aromatic heterocycles. The van der Waals surface area contributed by atoms with E-state index in [0.717, 1.165) is 18.2 Å². The summed E-state index contributed by atoms with van der Waals surface area (Å²) < 4.78 is 0. The average molecular weight is 282 g/mol. The Morgan fingerprint density at radius 3 is 2.81 bits per heavy atom. The van der Waals surface area contributed by atoms with Crippen molar-refractivity contribution < 1.29 is 9.90 Å². The molecule has 1 aliphatic carbocycles. The molecule has 6 heteroatoms. The first-order chi connectivity index (χ1) is 10.2. The SMILES string of the molecule is N#CCCN(c1c(C(=O)O)nnc2ccccc12)C1CC1. The molecule has 0 aliphatic heterocycles. The number of anilines is 1. The van der Waals surface area contributed by atoms with Crippen molar-refractivity contribution in [3.63, 3.8) is 0 Å². The normalized spacial score (nSPS) is 13.9. The van der Waals surface area contributed by atoms with E-state index in [-0.39, 0.29) is 5.69 Å². The highest BCUT2D eigenvalue weighted by Crippen LogP contribution is 2.37. The number of carboxylic acids is 1. The van der Waals surface area contributed by atoms with Gasteiger partial charge in [-0.1, -0.05) is 18.2 Å². The number of aromatic nitrogens is 2. The summed E-state index contributed by atoms with van der Waals surface area (Å²) >= 11 is 0. The fourth-order valence-corrected chi connectivity index (χ4v) is 2.51. The maximum atomic E-state index is 11.5. The molecule has 21 heavy (non-hydrogen) atoms. The third-order valence-corrected chi connectivity index (χ3v) is 3.58. The highest BCUT2D eigenvalue weighted by atomic mass is 16.4. The molecular weight excluding hydrogens is 268 g/mol. The van der Waals surface area contributed by atoms with Crippen molar-refractivity contribution in [1.82, 2.24) is 10.2 Å². The molecule has 0 unspecified atom stereocenters. The van der Waals surface area contributed by atoms with Gasteiger partial charge < -0.3 is 10.0 Å². The number of nitriles is 1. The Balaban J connectivity index is 2.19. The van der Waals surface area contributed by atoms with Crippen LogP contribution in [0.15, 0.2) is 24.3 Å². The van der Waals surface area contributed by atoms with Crippen molar-refractivity contribution in [3.05, 3.63) is 30.0 Å². The van der Waals surface area contributed by atoms with Gasteiger partial charge in [-0.3, -0.25) is 0 Å². The van der Waals surface area contributed by atoms with Crippen molar-refractivity contribution in [3.8, 4) is 6.07 Å². The molecule has 1 aromatic carbocycles. The Kier molecular flexibility index (Phi) is 3.40. The van der Waals surface area contributed by atoms with Crippen LogP contribution in [-0.4, -0.2) is 33.9 Å². The van der Waals surface area contributed by atoms with Gasteiger partial charge in [0.1, 0.15) is 0 Å². The predicted octanol–water partition coefficient (Wildman–Crippen LogP) is 2.21. The zero-order valence-electron chi connectivity index (χ0n) is 11.4. The Morgan fingerprint density at radius 2 is 2.14 bits per heavy atom. The minimum absolute atomic E-state index is 0.0430. The lowest BCUT2D eigenvalue weighted by Gasteiger charge is -2.25. The fourth-order valence-electron chi connectivity index (χ4n) is 2.51. The smallest absolute Gasteiger partial charge is 0.358 e. The molecule has 0 amide bonds. The van der Waals surface area contributed by atoms with Crippen LogP contribution in [0.2, 0.25) is 0 Å². The van der Waals surface area contributed by atoms with Crippen LogP contribution >= 0.6 is 0 Å². The lowest BCUT2D eigenvalue weighted by Crippen LogP contribution is -2.29. The first kappa shape index (κ1) is 13.3. The number of carbonyl (C=O) groups is 1. The van der Waals surface area contributed by atoms with E-state index in [4.69, 9.17) is 5.26 Å². The Morgan fingerprint density at radius 1 is 1.38 bits per heavy atom. The summed E-state index contributed by atoms with van der Waals surface area (Å²) in [5.41, 5.74) is 1.21. The molecule has 1 saturated carbocycles. The minimum atomic E-state index is -1.09. The summed E-state index contributed by atoms with van der Waals surface area (Å²) in [6.45, 7) is 0.511. The van der Waals surface area contributed by atoms with E-state index in [1.165, 1.54) is 0 Å². The van der Waals surface area contributed by atoms with Gasteiger partial charge in [-0.05, 0) is 18.9 Å². The van der Waals surface area contributed by atoms with Gasteiger partial charge in [0.05, 0.1) is 23.7 Å².